The molecule has 3 aromatic carbocycles. The second-order valence-electron chi connectivity index (χ2n) is 7.31. The molecular weight excluding hydrogens is 456 g/mol. The number of aliphatic imine (C=N–C) groups is 1. The molecule has 0 saturated heterocycles. The number of hydrogen-bond acceptors (Lipinski definition) is 5. The summed E-state index contributed by atoms with van der Waals surface area (Å²) in [5.41, 5.74) is 3.73. The van der Waals surface area contributed by atoms with Crippen LogP contribution in [0.3, 0.4) is 0 Å². The minimum atomic E-state index is -0.318. The first-order valence-corrected chi connectivity index (χ1v) is 11.1. The lowest BCUT2D eigenvalue weighted by Crippen LogP contribution is -2.33. The molecule has 0 radical (unpaired) electrons. The molecule has 0 spiro atoms. The Labute approximate surface area is 190 Å². The molecule has 0 unspecified atom stereocenters. The number of nitrogens with one attached hydrogen (secondary N) is 1. The van der Waals surface area contributed by atoms with Crippen LogP contribution in [0.4, 0.5) is 0 Å². The van der Waals surface area contributed by atoms with Crippen molar-refractivity contribution in [3.05, 3.63) is 87.9 Å². The van der Waals surface area contributed by atoms with Crippen molar-refractivity contribution in [3.63, 3.8) is 0 Å². The van der Waals surface area contributed by atoms with Crippen molar-refractivity contribution in [2.24, 2.45) is 4.99 Å². The van der Waals surface area contributed by atoms with E-state index >= 15 is 0 Å². The minimum absolute atomic E-state index is 0.129. The zero-order chi connectivity index (χ0) is 21.8. The van der Waals surface area contributed by atoms with E-state index in [9.17, 15) is 5.11 Å². The van der Waals surface area contributed by atoms with Gasteiger partial charge < -0.3 is 14.6 Å². The Morgan fingerprint density at radius 3 is 2.71 bits per heavy atom. The summed E-state index contributed by atoms with van der Waals surface area (Å²) in [6.45, 7) is 2.55. The van der Waals surface area contributed by atoms with E-state index in [-0.39, 0.29) is 18.0 Å². The highest BCUT2D eigenvalue weighted by molar-refractivity contribution is 9.10. The zero-order valence-electron chi connectivity index (χ0n) is 17.5. The molecule has 2 atom stereocenters. The predicted octanol–water partition coefficient (Wildman–Crippen LogP) is 5.78. The van der Waals surface area contributed by atoms with Gasteiger partial charge in [-0.3, -0.25) is 10.3 Å². The summed E-state index contributed by atoms with van der Waals surface area (Å²) in [6.07, 6.45) is 0.311. The van der Waals surface area contributed by atoms with Gasteiger partial charge in [-0.15, -0.1) is 0 Å². The van der Waals surface area contributed by atoms with Gasteiger partial charge in [-0.05, 0) is 48.9 Å². The van der Waals surface area contributed by atoms with Gasteiger partial charge in [-0.1, -0.05) is 46.3 Å². The van der Waals surface area contributed by atoms with Gasteiger partial charge in [0.15, 0.2) is 0 Å². The third kappa shape index (κ3) is 4.75. The average molecular weight is 481 g/mol. The molecule has 6 heteroatoms. The standard InChI is InChI=1S/C25H25BrN2O3/c1-3-31-24-10-5-4-9-19(24)25-27-21(16-7-6-8-18(13-16)30-2)15-22(28-25)20-14-17(26)11-12-23(20)29/h4-14,22,25,28-29H,3,15H2,1-2H3/t22-,25-/m1/s1. The molecule has 0 bridgehead atoms. The van der Waals surface area contributed by atoms with Crippen LogP contribution in [0.1, 0.15) is 42.2 Å². The summed E-state index contributed by atoms with van der Waals surface area (Å²) in [5.74, 6) is 1.84. The zero-order valence-corrected chi connectivity index (χ0v) is 19.1. The first-order valence-electron chi connectivity index (χ1n) is 10.3. The number of nitrogens with zero attached hydrogens (tertiary/aromatic N) is 1. The molecule has 5 nitrogen and oxygen atoms in total. The van der Waals surface area contributed by atoms with Crippen molar-refractivity contribution < 1.29 is 14.6 Å². The molecule has 2 N–H and O–H groups in total. The van der Waals surface area contributed by atoms with Gasteiger partial charge in [0.1, 0.15) is 23.4 Å². The van der Waals surface area contributed by atoms with Crippen molar-refractivity contribution in [1.29, 1.82) is 0 Å². The van der Waals surface area contributed by atoms with Crippen LogP contribution >= 0.6 is 15.9 Å². The number of hydrogen-bond donors (Lipinski definition) is 2. The van der Waals surface area contributed by atoms with E-state index in [1.807, 2.05) is 67.6 Å². The monoisotopic (exact) mass is 480 g/mol. The molecule has 31 heavy (non-hydrogen) atoms. The molecule has 0 aromatic heterocycles. The second kappa shape index (κ2) is 9.54. The molecule has 3 aromatic rings. The van der Waals surface area contributed by atoms with Crippen LogP contribution in [0, 0.1) is 0 Å². The highest BCUT2D eigenvalue weighted by Gasteiger charge is 2.29. The summed E-state index contributed by atoms with van der Waals surface area (Å²) < 4.78 is 12.2. The lowest BCUT2D eigenvalue weighted by Gasteiger charge is -2.31. The number of para-hydroxylation sites is 1. The van der Waals surface area contributed by atoms with E-state index in [0.717, 1.165) is 38.4 Å². The summed E-state index contributed by atoms with van der Waals surface area (Å²) in [6, 6.07) is 21.2. The number of phenolic OH excluding ortho intramolecular Hbond substituents is 1. The van der Waals surface area contributed by atoms with Gasteiger partial charge in [0.05, 0.1) is 13.7 Å². The fraction of sp³-hybridized carbons (Fsp3) is 0.240. The number of methoxy groups -OCH3 is 1. The average Bonchev–Trinajstić information content (AvgIpc) is 2.81. The molecule has 0 aliphatic carbocycles. The van der Waals surface area contributed by atoms with E-state index in [1.165, 1.54) is 0 Å². The molecular formula is C25H25BrN2O3. The van der Waals surface area contributed by atoms with Crippen molar-refractivity contribution in [2.45, 2.75) is 25.6 Å². The number of halogens is 1. The fourth-order valence-electron chi connectivity index (χ4n) is 3.84. The number of ether oxygens (including phenoxy) is 2. The van der Waals surface area contributed by atoms with Gasteiger partial charge in [0.2, 0.25) is 0 Å². The lowest BCUT2D eigenvalue weighted by molar-refractivity contribution is 0.327. The van der Waals surface area contributed by atoms with Gasteiger partial charge in [0.25, 0.3) is 0 Å². The van der Waals surface area contributed by atoms with Gasteiger partial charge in [0, 0.05) is 33.8 Å². The quantitative estimate of drug-likeness (QED) is 0.468. The van der Waals surface area contributed by atoms with Gasteiger partial charge in [-0.25, -0.2) is 0 Å². The summed E-state index contributed by atoms with van der Waals surface area (Å²) >= 11 is 3.53. The molecule has 0 saturated carbocycles. The summed E-state index contributed by atoms with van der Waals surface area (Å²) in [4.78, 5) is 5.05. The number of benzene rings is 3. The largest absolute Gasteiger partial charge is 0.508 e. The Morgan fingerprint density at radius 2 is 1.90 bits per heavy atom. The van der Waals surface area contributed by atoms with Crippen LogP contribution in [0.15, 0.2) is 76.2 Å². The summed E-state index contributed by atoms with van der Waals surface area (Å²) in [5, 5.41) is 14.2. The van der Waals surface area contributed by atoms with E-state index in [2.05, 4.69) is 21.2 Å². The molecule has 1 aliphatic rings. The van der Waals surface area contributed by atoms with Crippen LogP contribution in [-0.4, -0.2) is 24.5 Å². The van der Waals surface area contributed by atoms with E-state index in [0.29, 0.717) is 13.0 Å². The number of aromatic hydroxyl groups is 1. The first-order chi connectivity index (χ1) is 15.1. The molecule has 160 valence electrons. The fourth-order valence-corrected chi connectivity index (χ4v) is 4.22. The van der Waals surface area contributed by atoms with E-state index in [4.69, 9.17) is 14.5 Å². The van der Waals surface area contributed by atoms with Crippen LogP contribution in [0.2, 0.25) is 0 Å². The van der Waals surface area contributed by atoms with Crippen molar-refractivity contribution in [3.8, 4) is 17.2 Å². The Morgan fingerprint density at radius 1 is 1.06 bits per heavy atom. The van der Waals surface area contributed by atoms with Crippen molar-refractivity contribution in [1.82, 2.24) is 5.32 Å². The highest BCUT2D eigenvalue weighted by atomic mass is 79.9. The minimum Gasteiger partial charge on any atom is -0.508 e. The third-order valence-electron chi connectivity index (χ3n) is 5.32. The van der Waals surface area contributed by atoms with Crippen molar-refractivity contribution in [2.75, 3.05) is 13.7 Å². The number of phenols is 1. The Kier molecular flexibility index (Phi) is 6.59. The van der Waals surface area contributed by atoms with Gasteiger partial charge in [-0.2, -0.15) is 0 Å². The topological polar surface area (TPSA) is 63.1 Å². The van der Waals surface area contributed by atoms with Gasteiger partial charge >= 0.3 is 0 Å². The SMILES string of the molecule is CCOc1ccccc1[C@@H]1N=C(c2cccc(OC)c2)C[C@H](c2cc(Br)ccc2O)N1. The third-order valence-corrected chi connectivity index (χ3v) is 5.82. The van der Waals surface area contributed by atoms with E-state index < -0.39 is 0 Å². The predicted molar refractivity (Wildman–Crippen MR) is 126 cm³/mol. The maximum Gasteiger partial charge on any atom is 0.129 e. The van der Waals surface area contributed by atoms with Crippen LogP contribution in [0.25, 0.3) is 0 Å². The maximum atomic E-state index is 10.6. The first kappa shape index (κ1) is 21.4. The molecule has 4 rings (SSSR count). The lowest BCUT2D eigenvalue weighted by atomic mass is 9.93. The Bertz CT molecular complexity index is 1100. The second-order valence-corrected chi connectivity index (χ2v) is 8.22. The summed E-state index contributed by atoms with van der Waals surface area (Å²) in [7, 11) is 1.66. The Hall–Kier alpha value is -2.83. The van der Waals surface area contributed by atoms with Crippen LogP contribution in [-0.2, 0) is 0 Å². The van der Waals surface area contributed by atoms with Crippen LogP contribution < -0.4 is 14.8 Å². The maximum absolute atomic E-state index is 10.6. The van der Waals surface area contributed by atoms with Crippen LogP contribution in [0.5, 0.6) is 17.2 Å². The molecule has 1 heterocycles. The molecule has 0 fully saturated rings. The molecule has 1 aliphatic heterocycles. The normalized spacial score (nSPS) is 18.4. The smallest absolute Gasteiger partial charge is 0.129 e. The Balaban J connectivity index is 1.80. The molecule has 0 amide bonds. The number of rotatable bonds is 6. The van der Waals surface area contributed by atoms with E-state index in [1.54, 1.807) is 13.2 Å². The highest BCUT2D eigenvalue weighted by Crippen LogP contribution is 2.38. The van der Waals surface area contributed by atoms with Crippen molar-refractivity contribution >= 4 is 21.6 Å².